The first-order valence-corrected chi connectivity index (χ1v) is 10.4. The molecule has 26 heavy (non-hydrogen) atoms. The molecule has 1 N–H and O–H groups in total. The number of hydrogen-bond acceptors (Lipinski definition) is 4. The predicted octanol–water partition coefficient (Wildman–Crippen LogP) is 2.08. The van der Waals surface area contributed by atoms with Gasteiger partial charge in [-0.25, -0.2) is 0 Å². The lowest BCUT2D eigenvalue weighted by atomic mass is 9.93. The van der Waals surface area contributed by atoms with Crippen molar-refractivity contribution in [1.82, 2.24) is 20.1 Å². The minimum absolute atomic E-state index is 0.214. The summed E-state index contributed by atoms with van der Waals surface area (Å²) in [4.78, 5) is 22.0. The van der Waals surface area contributed by atoms with E-state index in [1.807, 2.05) is 12.3 Å². The maximum atomic E-state index is 12.4. The molecule has 3 aliphatic rings. The van der Waals surface area contributed by atoms with E-state index in [-0.39, 0.29) is 5.92 Å². The molecule has 1 aliphatic carbocycles. The van der Waals surface area contributed by atoms with Crippen LogP contribution in [0, 0.1) is 5.92 Å². The molecule has 2 aliphatic heterocycles. The third-order valence-electron chi connectivity index (χ3n) is 6.23. The van der Waals surface area contributed by atoms with E-state index in [0.717, 1.165) is 25.9 Å². The van der Waals surface area contributed by atoms with Gasteiger partial charge in [0.1, 0.15) is 0 Å². The fourth-order valence-corrected chi connectivity index (χ4v) is 4.43. The second-order valence-electron chi connectivity index (χ2n) is 8.26. The monoisotopic (exact) mass is 356 g/mol. The van der Waals surface area contributed by atoms with Gasteiger partial charge in [0, 0.05) is 43.5 Å². The number of nitrogens with one attached hydrogen (secondary N) is 1. The van der Waals surface area contributed by atoms with Crippen molar-refractivity contribution in [3.8, 4) is 0 Å². The average Bonchev–Trinajstić information content (AvgIpc) is 3.52. The van der Waals surface area contributed by atoms with Crippen LogP contribution < -0.4 is 5.32 Å². The van der Waals surface area contributed by atoms with E-state index in [2.05, 4.69) is 32.2 Å². The maximum absolute atomic E-state index is 12.4. The number of aromatic nitrogens is 1. The Morgan fingerprint density at radius 2 is 1.96 bits per heavy atom. The maximum Gasteiger partial charge on any atom is 0.224 e. The number of rotatable bonds is 6. The van der Waals surface area contributed by atoms with E-state index in [1.165, 1.54) is 57.4 Å². The molecule has 1 amide bonds. The van der Waals surface area contributed by atoms with E-state index in [4.69, 9.17) is 0 Å². The molecule has 1 aromatic heterocycles. The summed E-state index contributed by atoms with van der Waals surface area (Å²) in [6.45, 7) is 5.60. The summed E-state index contributed by atoms with van der Waals surface area (Å²) in [5.41, 5.74) is 1.19. The summed E-state index contributed by atoms with van der Waals surface area (Å²) in [5, 5.41) is 3.21. The van der Waals surface area contributed by atoms with Crippen molar-refractivity contribution in [2.45, 2.75) is 57.0 Å². The molecule has 5 nitrogen and oxygen atoms in total. The van der Waals surface area contributed by atoms with Gasteiger partial charge in [-0.1, -0.05) is 6.07 Å². The van der Waals surface area contributed by atoms with Crippen LogP contribution in [0.25, 0.3) is 0 Å². The number of carbonyl (C=O) groups is 1. The molecule has 0 unspecified atom stereocenters. The van der Waals surface area contributed by atoms with Crippen molar-refractivity contribution in [2.24, 2.45) is 5.92 Å². The van der Waals surface area contributed by atoms with Crippen molar-refractivity contribution >= 4 is 5.91 Å². The van der Waals surface area contributed by atoms with Crippen molar-refractivity contribution in [1.29, 1.82) is 0 Å². The molecule has 0 aromatic carbocycles. The summed E-state index contributed by atoms with van der Waals surface area (Å²) in [5.74, 6) is 0.525. The minimum atomic E-state index is 0.214. The van der Waals surface area contributed by atoms with E-state index in [0.29, 0.717) is 18.0 Å². The van der Waals surface area contributed by atoms with Crippen LogP contribution >= 0.6 is 0 Å². The van der Waals surface area contributed by atoms with Crippen LogP contribution in [-0.4, -0.2) is 65.5 Å². The second kappa shape index (κ2) is 8.49. The lowest BCUT2D eigenvalue weighted by Gasteiger charge is -2.42. The molecule has 142 valence electrons. The Balaban J connectivity index is 1.20. The summed E-state index contributed by atoms with van der Waals surface area (Å²) in [7, 11) is 0. The zero-order valence-corrected chi connectivity index (χ0v) is 15.8. The number of hydrogen-bond donors (Lipinski definition) is 1. The largest absolute Gasteiger partial charge is 0.353 e. The predicted molar refractivity (Wildman–Crippen MR) is 103 cm³/mol. The van der Waals surface area contributed by atoms with Gasteiger partial charge in [-0.2, -0.15) is 0 Å². The van der Waals surface area contributed by atoms with Crippen LogP contribution in [0.15, 0.2) is 24.4 Å². The van der Waals surface area contributed by atoms with Gasteiger partial charge in [0.2, 0.25) is 5.91 Å². The number of piperidine rings is 2. The summed E-state index contributed by atoms with van der Waals surface area (Å²) in [6.07, 6.45) is 9.99. The molecular formula is C21H32N4O. The first-order chi connectivity index (χ1) is 12.8. The highest BCUT2D eigenvalue weighted by Crippen LogP contribution is 2.26. The number of carbonyl (C=O) groups excluding carboxylic acids is 1. The van der Waals surface area contributed by atoms with Crippen LogP contribution in [0.4, 0.5) is 0 Å². The number of amides is 1. The zero-order valence-electron chi connectivity index (χ0n) is 15.8. The van der Waals surface area contributed by atoms with E-state index >= 15 is 0 Å². The van der Waals surface area contributed by atoms with Crippen LogP contribution in [0.3, 0.4) is 0 Å². The Morgan fingerprint density at radius 1 is 1.12 bits per heavy atom. The highest BCUT2D eigenvalue weighted by Gasteiger charge is 2.33. The normalized spacial score (nSPS) is 25.9. The third-order valence-corrected chi connectivity index (χ3v) is 6.23. The molecule has 5 heteroatoms. The summed E-state index contributed by atoms with van der Waals surface area (Å²) < 4.78 is 0. The van der Waals surface area contributed by atoms with Crippen molar-refractivity contribution < 1.29 is 4.79 Å². The van der Waals surface area contributed by atoms with E-state index in [1.54, 1.807) is 0 Å². The highest BCUT2D eigenvalue weighted by molar-refractivity contribution is 5.79. The standard InChI is InChI=1S/C21H32N4O/c26-21(23-19-6-7-19)17-4-3-12-25(16-17)20-9-14-24(15-10-20)13-8-18-5-1-2-11-22-18/h1-2,5,11,17,19-20H,3-4,6-10,12-16H2,(H,23,26)/t17-/m0/s1. The Hall–Kier alpha value is -1.46. The lowest BCUT2D eigenvalue weighted by molar-refractivity contribution is -0.127. The lowest BCUT2D eigenvalue weighted by Crippen LogP contribution is -2.51. The highest BCUT2D eigenvalue weighted by atomic mass is 16.2. The fraction of sp³-hybridized carbons (Fsp3) is 0.714. The summed E-state index contributed by atoms with van der Waals surface area (Å²) in [6, 6.07) is 7.32. The van der Waals surface area contributed by atoms with Crippen molar-refractivity contribution in [3.05, 3.63) is 30.1 Å². The first-order valence-electron chi connectivity index (χ1n) is 10.4. The minimum Gasteiger partial charge on any atom is -0.353 e. The van der Waals surface area contributed by atoms with Gasteiger partial charge in [-0.3, -0.25) is 14.7 Å². The van der Waals surface area contributed by atoms with Crippen LogP contribution in [-0.2, 0) is 11.2 Å². The number of pyridine rings is 1. The van der Waals surface area contributed by atoms with Crippen LogP contribution in [0.2, 0.25) is 0 Å². The molecule has 0 radical (unpaired) electrons. The van der Waals surface area contributed by atoms with Gasteiger partial charge >= 0.3 is 0 Å². The van der Waals surface area contributed by atoms with Gasteiger partial charge in [0.25, 0.3) is 0 Å². The second-order valence-corrected chi connectivity index (χ2v) is 8.26. The fourth-order valence-electron chi connectivity index (χ4n) is 4.43. The first kappa shape index (κ1) is 17.9. The molecular weight excluding hydrogens is 324 g/mol. The van der Waals surface area contributed by atoms with Gasteiger partial charge < -0.3 is 10.2 Å². The summed E-state index contributed by atoms with van der Waals surface area (Å²) >= 11 is 0. The van der Waals surface area contributed by atoms with Crippen LogP contribution in [0.5, 0.6) is 0 Å². The average molecular weight is 357 g/mol. The molecule has 0 bridgehead atoms. The quantitative estimate of drug-likeness (QED) is 0.848. The van der Waals surface area contributed by atoms with E-state index in [9.17, 15) is 4.79 Å². The Bertz CT molecular complexity index is 581. The van der Waals surface area contributed by atoms with Gasteiger partial charge in [0.05, 0.1) is 5.92 Å². The molecule has 3 heterocycles. The molecule has 1 atom stereocenters. The molecule has 2 saturated heterocycles. The molecule has 4 rings (SSSR count). The van der Waals surface area contributed by atoms with Crippen molar-refractivity contribution in [2.75, 3.05) is 32.7 Å². The Morgan fingerprint density at radius 3 is 2.69 bits per heavy atom. The smallest absolute Gasteiger partial charge is 0.224 e. The zero-order chi connectivity index (χ0) is 17.8. The topological polar surface area (TPSA) is 48.5 Å². The number of nitrogens with zero attached hydrogens (tertiary/aromatic N) is 3. The molecule has 1 saturated carbocycles. The molecule has 3 fully saturated rings. The van der Waals surface area contributed by atoms with Gasteiger partial charge in [-0.05, 0) is 70.3 Å². The van der Waals surface area contributed by atoms with E-state index < -0.39 is 0 Å². The SMILES string of the molecule is O=C(NC1CC1)[C@H]1CCCN(C2CCN(CCc3ccccn3)CC2)C1. The molecule has 0 spiro atoms. The molecule has 1 aromatic rings. The van der Waals surface area contributed by atoms with Gasteiger partial charge in [0.15, 0.2) is 0 Å². The Labute approximate surface area is 157 Å². The third kappa shape index (κ3) is 4.83. The Kier molecular flexibility index (Phi) is 5.85. The van der Waals surface area contributed by atoms with Crippen molar-refractivity contribution in [3.63, 3.8) is 0 Å². The van der Waals surface area contributed by atoms with Gasteiger partial charge in [-0.15, -0.1) is 0 Å². The number of likely N-dealkylation sites (tertiary alicyclic amines) is 2. The van der Waals surface area contributed by atoms with Crippen LogP contribution in [0.1, 0.15) is 44.2 Å².